The molecule has 0 bridgehead atoms. The minimum atomic E-state index is -0.833. The number of carbonyl (C=O) groups is 1. The quantitative estimate of drug-likeness (QED) is 0.500. The molecule has 36 heavy (non-hydrogen) atoms. The fraction of sp³-hybridized carbons (Fsp3) is 0.968. The van der Waals surface area contributed by atoms with E-state index in [9.17, 15) is 5.11 Å². The Morgan fingerprint density at radius 2 is 1.36 bits per heavy atom. The monoisotopic (exact) mass is 502 g/mol. The van der Waals surface area contributed by atoms with Gasteiger partial charge in [0.2, 0.25) is 0 Å². The number of piperidine rings is 2. The van der Waals surface area contributed by atoms with Crippen LogP contribution in [0.1, 0.15) is 111 Å². The highest BCUT2D eigenvalue weighted by Gasteiger charge is 2.63. The maximum absolute atomic E-state index is 11.6. The second-order valence-electron chi connectivity index (χ2n) is 14.1. The average molecular weight is 503 g/mol. The Balaban J connectivity index is 0.000000623. The minimum Gasteiger partial charge on any atom is -0.481 e. The molecule has 206 valence electrons. The summed E-state index contributed by atoms with van der Waals surface area (Å²) >= 11 is 0. The van der Waals surface area contributed by atoms with E-state index >= 15 is 0 Å². The lowest BCUT2D eigenvalue weighted by Crippen LogP contribution is -2.57. The van der Waals surface area contributed by atoms with Crippen molar-refractivity contribution in [2.45, 2.75) is 129 Å². The van der Waals surface area contributed by atoms with Crippen LogP contribution in [-0.2, 0) is 4.79 Å². The molecule has 0 amide bonds. The zero-order valence-electron chi connectivity index (χ0n) is 23.5. The van der Waals surface area contributed by atoms with Gasteiger partial charge in [0.25, 0.3) is 5.97 Å². The number of carboxylic acid groups (broad SMARTS) is 1. The molecule has 5 nitrogen and oxygen atoms in total. The first kappa shape index (κ1) is 26.9. The molecule has 6 rings (SSSR count). The summed E-state index contributed by atoms with van der Waals surface area (Å²) in [6.45, 7) is 11.5. The van der Waals surface area contributed by atoms with Gasteiger partial charge in [0, 0.05) is 19.0 Å². The number of hydrogen-bond donors (Lipinski definition) is 2. The summed E-state index contributed by atoms with van der Waals surface area (Å²) in [6.07, 6.45) is 19.6. The molecule has 0 aromatic rings. The molecular weight excluding hydrogens is 448 g/mol. The molecule has 6 aliphatic rings. The summed E-state index contributed by atoms with van der Waals surface area (Å²) in [5, 5.41) is 19.1. The number of fused-ring (bicyclic) bond motifs is 5. The van der Waals surface area contributed by atoms with E-state index in [4.69, 9.17) is 9.90 Å². The molecule has 4 saturated carbocycles. The van der Waals surface area contributed by atoms with E-state index in [1.54, 1.807) is 0 Å². The van der Waals surface area contributed by atoms with E-state index in [1.165, 1.54) is 116 Å². The zero-order valence-corrected chi connectivity index (χ0v) is 23.5. The van der Waals surface area contributed by atoms with Gasteiger partial charge in [-0.25, -0.2) is 0 Å². The van der Waals surface area contributed by atoms with Gasteiger partial charge in [0.15, 0.2) is 0 Å². The lowest BCUT2D eigenvalue weighted by molar-refractivity contribution is -0.134. The zero-order chi connectivity index (χ0) is 25.5. The molecular formula is C31H54N2O3. The molecule has 2 saturated heterocycles. The van der Waals surface area contributed by atoms with Crippen molar-refractivity contribution < 1.29 is 15.0 Å². The summed E-state index contributed by atoms with van der Waals surface area (Å²) in [7, 11) is 0. The van der Waals surface area contributed by atoms with Crippen LogP contribution < -0.4 is 0 Å². The molecule has 2 heterocycles. The van der Waals surface area contributed by atoms with Gasteiger partial charge < -0.3 is 15.1 Å². The number of carboxylic acids is 1. The van der Waals surface area contributed by atoms with Crippen molar-refractivity contribution in [3.05, 3.63) is 0 Å². The highest BCUT2D eigenvalue weighted by atomic mass is 16.4. The van der Waals surface area contributed by atoms with E-state index in [1.807, 2.05) is 0 Å². The van der Waals surface area contributed by atoms with Crippen LogP contribution in [0, 0.1) is 34.5 Å². The number of aliphatic hydroxyl groups excluding tert-OH is 1. The second kappa shape index (κ2) is 10.8. The first-order valence-corrected chi connectivity index (χ1v) is 15.6. The fourth-order valence-electron chi connectivity index (χ4n) is 10.5. The van der Waals surface area contributed by atoms with E-state index in [-0.39, 0.29) is 11.5 Å². The first-order valence-electron chi connectivity index (χ1n) is 15.6. The highest BCUT2D eigenvalue weighted by molar-refractivity contribution is 5.62. The minimum absolute atomic E-state index is 0.0930. The Morgan fingerprint density at radius 3 is 2.00 bits per heavy atom. The number of likely N-dealkylation sites (tertiary alicyclic amines) is 2. The third kappa shape index (κ3) is 4.91. The number of aliphatic carboxylic acids is 1. The predicted molar refractivity (Wildman–Crippen MR) is 145 cm³/mol. The van der Waals surface area contributed by atoms with Crippen LogP contribution in [0.25, 0.3) is 0 Å². The molecule has 0 spiro atoms. The Kier molecular flexibility index (Phi) is 8.12. The fourth-order valence-corrected chi connectivity index (χ4v) is 10.5. The van der Waals surface area contributed by atoms with Gasteiger partial charge in [-0.05, 0) is 138 Å². The molecule has 2 N–H and O–H groups in total. The van der Waals surface area contributed by atoms with Crippen LogP contribution in [0.3, 0.4) is 0 Å². The van der Waals surface area contributed by atoms with Gasteiger partial charge in [0.1, 0.15) is 0 Å². The Hall–Kier alpha value is -0.650. The van der Waals surface area contributed by atoms with Crippen LogP contribution in [0.4, 0.5) is 0 Å². The molecule has 0 unspecified atom stereocenters. The van der Waals surface area contributed by atoms with Crippen LogP contribution in [0.2, 0.25) is 0 Å². The molecule has 6 fully saturated rings. The van der Waals surface area contributed by atoms with Crippen molar-refractivity contribution in [3.63, 3.8) is 0 Å². The molecule has 5 heteroatoms. The molecule has 9 atom stereocenters. The molecule has 2 aliphatic heterocycles. The summed E-state index contributed by atoms with van der Waals surface area (Å²) in [6, 6.07) is 1.31. The number of nitrogens with zero attached hydrogens (tertiary/aromatic N) is 2. The Bertz CT molecular complexity index is 759. The van der Waals surface area contributed by atoms with Gasteiger partial charge >= 0.3 is 0 Å². The van der Waals surface area contributed by atoms with Crippen molar-refractivity contribution in [2.75, 3.05) is 26.2 Å². The van der Waals surface area contributed by atoms with Crippen molar-refractivity contribution in [1.29, 1.82) is 0 Å². The van der Waals surface area contributed by atoms with Gasteiger partial charge in [-0.3, -0.25) is 9.69 Å². The van der Waals surface area contributed by atoms with Gasteiger partial charge in [-0.15, -0.1) is 0 Å². The summed E-state index contributed by atoms with van der Waals surface area (Å²) in [5.74, 6) is 2.69. The van der Waals surface area contributed by atoms with E-state index in [0.717, 1.165) is 36.6 Å². The highest BCUT2D eigenvalue weighted by Crippen LogP contribution is 2.66. The molecule has 0 aromatic heterocycles. The van der Waals surface area contributed by atoms with E-state index < -0.39 is 5.97 Å². The largest absolute Gasteiger partial charge is 0.481 e. The lowest BCUT2D eigenvalue weighted by Gasteiger charge is -2.61. The third-order valence-electron chi connectivity index (χ3n) is 12.3. The van der Waals surface area contributed by atoms with Gasteiger partial charge in [-0.2, -0.15) is 0 Å². The SMILES string of the molecule is CC(=O)O.C[C@]12C[C@H](N3CCCCC3)CC[C@@H]1CC[C@@H]1[C@@H]2CC[C@]2(C)[C@@H](O)[C@@H](N3CCCCC3)C[C@@H]12. The summed E-state index contributed by atoms with van der Waals surface area (Å²) in [4.78, 5) is 14.6. The van der Waals surface area contributed by atoms with Crippen molar-refractivity contribution in [1.82, 2.24) is 9.80 Å². The number of rotatable bonds is 2. The Labute approximate surface area is 220 Å². The van der Waals surface area contributed by atoms with E-state index in [0.29, 0.717) is 11.5 Å². The number of hydrogen-bond acceptors (Lipinski definition) is 4. The lowest BCUT2D eigenvalue weighted by atomic mass is 9.45. The summed E-state index contributed by atoms with van der Waals surface area (Å²) in [5.41, 5.74) is 0.728. The Morgan fingerprint density at radius 1 is 0.778 bits per heavy atom. The van der Waals surface area contributed by atoms with Gasteiger partial charge in [0.05, 0.1) is 6.10 Å². The van der Waals surface area contributed by atoms with Crippen LogP contribution in [-0.4, -0.2) is 70.3 Å². The molecule has 0 radical (unpaired) electrons. The standard InChI is InChI=1S/C29H50N2O.C2H4O2/c1-28-14-13-24-23(25(28)19-26(27(28)32)31-17-7-4-8-18-31)12-10-21-9-11-22(20-29(21,24)2)30-15-5-3-6-16-30;1-2(3)4/h21-27,32H,3-20H2,1-2H3;1H3,(H,3,4)/t21-,22-,23-,24+,25+,26+,27+,28+,29+;/m1./s1. The number of aliphatic hydroxyl groups is 1. The van der Waals surface area contributed by atoms with E-state index in [2.05, 4.69) is 23.6 Å². The summed E-state index contributed by atoms with van der Waals surface area (Å²) < 4.78 is 0. The van der Waals surface area contributed by atoms with Crippen molar-refractivity contribution in [2.24, 2.45) is 34.5 Å². The van der Waals surface area contributed by atoms with Crippen molar-refractivity contribution in [3.8, 4) is 0 Å². The predicted octanol–water partition coefficient (Wildman–Crippen LogP) is 5.80. The van der Waals surface area contributed by atoms with Crippen LogP contribution in [0.5, 0.6) is 0 Å². The second-order valence-corrected chi connectivity index (χ2v) is 14.1. The van der Waals surface area contributed by atoms with Crippen molar-refractivity contribution >= 4 is 5.97 Å². The molecule has 4 aliphatic carbocycles. The van der Waals surface area contributed by atoms with Crippen LogP contribution >= 0.6 is 0 Å². The first-order chi connectivity index (χ1) is 17.2. The topological polar surface area (TPSA) is 64.0 Å². The smallest absolute Gasteiger partial charge is 0.300 e. The average Bonchev–Trinajstić information content (AvgIpc) is 3.15. The van der Waals surface area contributed by atoms with Gasteiger partial charge in [-0.1, -0.05) is 26.7 Å². The normalized spacial score (nSPS) is 47.6. The maximum atomic E-state index is 11.6. The molecule has 0 aromatic carbocycles. The third-order valence-corrected chi connectivity index (χ3v) is 12.3. The maximum Gasteiger partial charge on any atom is 0.300 e. The van der Waals surface area contributed by atoms with Crippen LogP contribution in [0.15, 0.2) is 0 Å².